The summed E-state index contributed by atoms with van der Waals surface area (Å²) >= 11 is 12.0. The monoisotopic (exact) mass is 328 g/mol. The lowest BCUT2D eigenvalue weighted by molar-refractivity contribution is -0.118. The van der Waals surface area contributed by atoms with Gasteiger partial charge >= 0.3 is 0 Å². The van der Waals surface area contributed by atoms with Crippen LogP contribution in [0, 0.1) is 0 Å². The van der Waals surface area contributed by atoms with Crippen molar-refractivity contribution in [2.24, 2.45) is 0 Å². The van der Waals surface area contributed by atoms with E-state index in [0.717, 1.165) is 12.8 Å². The SMILES string of the molecule is C[C@@H](NC1CCCCCC1)C(=O)Nc1cc(Cl)ccc1Cl. The van der Waals surface area contributed by atoms with Crippen molar-refractivity contribution in [1.82, 2.24) is 5.32 Å². The molecular weight excluding hydrogens is 307 g/mol. The zero-order chi connectivity index (χ0) is 15.2. The van der Waals surface area contributed by atoms with Gasteiger partial charge in [0.05, 0.1) is 16.8 Å². The Morgan fingerprint density at radius 1 is 1.19 bits per heavy atom. The fourth-order valence-electron chi connectivity index (χ4n) is 2.71. The zero-order valence-electron chi connectivity index (χ0n) is 12.3. The van der Waals surface area contributed by atoms with Crippen LogP contribution in [0.15, 0.2) is 18.2 Å². The molecule has 1 atom stereocenters. The van der Waals surface area contributed by atoms with Crippen LogP contribution in [0.2, 0.25) is 10.0 Å². The number of hydrogen-bond acceptors (Lipinski definition) is 2. The van der Waals surface area contributed by atoms with E-state index in [1.807, 2.05) is 6.92 Å². The summed E-state index contributed by atoms with van der Waals surface area (Å²) in [6.45, 7) is 1.89. The van der Waals surface area contributed by atoms with Crippen molar-refractivity contribution in [3.8, 4) is 0 Å². The Kier molecular flexibility index (Phi) is 6.34. The first-order valence-corrected chi connectivity index (χ1v) is 8.34. The summed E-state index contributed by atoms with van der Waals surface area (Å²) in [5, 5.41) is 7.31. The van der Waals surface area contributed by atoms with Gasteiger partial charge in [0.25, 0.3) is 0 Å². The Morgan fingerprint density at radius 2 is 1.86 bits per heavy atom. The van der Waals surface area contributed by atoms with E-state index in [-0.39, 0.29) is 11.9 Å². The van der Waals surface area contributed by atoms with E-state index >= 15 is 0 Å². The van der Waals surface area contributed by atoms with E-state index < -0.39 is 0 Å². The van der Waals surface area contributed by atoms with Crippen LogP contribution in [0.4, 0.5) is 5.69 Å². The Hall–Kier alpha value is -0.770. The molecule has 2 N–H and O–H groups in total. The van der Waals surface area contributed by atoms with Crippen LogP contribution < -0.4 is 10.6 Å². The number of nitrogens with one attached hydrogen (secondary N) is 2. The summed E-state index contributed by atoms with van der Waals surface area (Å²) in [5.74, 6) is -0.0802. The standard InChI is InChI=1S/C16H22Cl2N2O/c1-11(19-13-6-4-2-3-5-7-13)16(21)20-15-10-12(17)8-9-14(15)18/h8-11,13,19H,2-7H2,1H3,(H,20,21)/t11-/m1/s1. The molecule has 1 aromatic carbocycles. The molecule has 0 radical (unpaired) electrons. The van der Waals surface area contributed by atoms with Gasteiger partial charge in [-0.3, -0.25) is 4.79 Å². The average Bonchev–Trinajstić information content (AvgIpc) is 2.71. The van der Waals surface area contributed by atoms with Crippen LogP contribution >= 0.6 is 23.2 Å². The molecule has 0 aliphatic heterocycles. The van der Waals surface area contributed by atoms with E-state index in [2.05, 4.69) is 10.6 Å². The number of benzene rings is 1. The number of carbonyl (C=O) groups excluding carboxylic acids is 1. The van der Waals surface area contributed by atoms with Crippen LogP contribution in [-0.2, 0) is 4.79 Å². The van der Waals surface area contributed by atoms with Gasteiger partial charge < -0.3 is 10.6 Å². The molecule has 2 rings (SSSR count). The molecule has 0 spiro atoms. The predicted molar refractivity (Wildman–Crippen MR) is 89.2 cm³/mol. The maximum atomic E-state index is 12.3. The van der Waals surface area contributed by atoms with Gasteiger partial charge in [-0.05, 0) is 38.0 Å². The normalized spacial score (nSPS) is 18.0. The fourth-order valence-corrected chi connectivity index (χ4v) is 3.05. The third-order valence-corrected chi connectivity index (χ3v) is 4.49. The molecule has 1 saturated carbocycles. The van der Waals surface area contributed by atoms with E-state index in [1.165, 1.54) is 25.7 Å². The first-order valence-electron chi connectivity index (χ1n) is 7.58. The Balaban J connectivity index is 1.91. The first-order chi connectivity index (χ1) is 10.1. The molecule has 3 nitrogen and oxygen atoms in total. The number of anilines is 1. The molecule has 0 heterocycles. The third-order valence-electron chi connectivity index (χ3n) is 3.92. The fraction of sp³-hybridized carbons (Fsp3) is 0.562. The molecule has 1 aliphatic carbocycles. The highest BCUT2D eigenvalue weighted by Gasteiger charge is 2.19. The van der Waals surface area contributed by atoms with Crippen LogP contribution in [0.3, 0.4) is 0 Å². The number of hydrogen-bond donors (Lipinski definition) is 2. The van der Waals surface area contributed by atoms with Crippen LogP contribution in [0.1, 0.15) is 45.4 Å². The maximum Gasteiger partial charge on any atom is 0.241 e. The van der Waals surface area contributed by atoms with Gasteiger partial charge in [-0.15, -0.1) is 0 Å². The second-order valence-electron chi connectivity index (χ2n) is 5.69. The molecule has 5 heteroatoms. The number of amides is 1. The van der Waals surface area contributed by atoms with Crippen molar-refractivity contribution < 1.29 is 4.79 Å². The molecule has 1 amide bonds. The quantitative estimate of drug-likeness (QED) is 0.791. The molecule has 0 bridgehead atoms. The van der Waals surface area contributed by atoms with E-state index in [9.17, 15) is 4.79 Å². The zero-order valence-corrected chi connectivity index (χ0v) is 13.8. The lowest BCUT2D eigenvalue weighted by Crippen LogP contribution is -2.43. The van der Waals surface area contributed by atoms with Gasteiger partial charge in [-0.25, -0.2) is 0 Å². The number of halogens is 2. The molecule has 1 fully saturated rings. The van der Waals surface area contributed by atoms with Gasteiger partial charge in [0, 0.05) is 11.1 Å². The molecule has 0 unspecified atom stereocenters. The topological polar surface area (TPSA) is 41.1 Å². The molecule has 21 heavy (non-hydrogen) atoms. The Labute approximate surface area is 136 Å². The first kappa shape index (κ1) is 16.6. The second-order valence-corrected chi connectivity index (χ2v) is 6.53. The lowest BCUT2D eigenvalue weighted by atomic mass is 10.1. The third kappa shape index (κ3) is 5.17. The summed E-state index contributed by atoms with van der Waals surface area (Å²) in [5.41, 5.74) is 0.559. The number of rotatable bonds is 4. The van der Waals surface area contributed by atoms with Crippen molar-refractivity contribution in [3.05, 3.63) is 28.2 Å². The van der Waals surface area contributed by atoms with Gasteiger partial charge in [0.2, 0.25) is 5.91 Å². The molecule has 0 aromatic heterocycles. The van der Waals surface area contributed by atoms with Gasteiger partial charge in [0.15, 0.2) is 0 Å². The van der Waals surface area contributed by atoms with Crippen molar-refractivity contribution >= 4 is 34.8 Å². The smallest absolute Gasteiger partial charge is 0.241 e. The predicted octanol–water partition coefficient (Wildman–Crippen LogP) is 4.63. The summed E-state index contributed by atoms with van der Waals surface area (Å²) in [6, 6.07) is 5.24. The summed E-state index contributed by atoms with van der Waals surface area (Å²) < 4.78 is 0. The minimum absolute atomic E-state index is 0.0802. The van der Waals surface area contributed by atoms with Gasteiger partial charge in [-0.1, -0.05) is 48.9 Å². The van der Waals surface area contributed by atoms with Crippen LogP contribution in [0.5, 0.6) is 0 Å². The molecule has 0 saturated heterocycles. The molecular formula is C16H22Cl2N2O. The van der Waals surface area contributed by atoms with Crippen molar-refractivity contribution in [1.29, 1.82) is 0 Å². The molecule has 116 valence electrons. The summed E-state index contributed by atoms with van der Waals surface area (Å²) in [7, 11) is 0. The maximum absolute atomic E-state index is 12.3. The highest BCUT2D eigenvalue weighted by Crippen LogP contribution is 2.25. The molecule has 1 aliphatic rings. The second kappa shape index (κ2) is 8.02. The van der Waals surface area contributed by atoms with Crippen molar-refractivity contribution in [2.75, 3.05) is 5.32 Å². The van der Waals surface area contributed by atoms with Gasteiger partial charge in [0.1, 0.15) is 0 Å². The summed E-state index contributed by atoms with van der Waals surface area (Å²) in [6.07, 6.45) is 7.39. The Morgan fingerprint density at radius 3 is 2.52 bits per heavy atom. The largest absolute Gasteiger partial charge is 0.323 e. The Bertz CT molecular complexity index is 485. The average molecular weight is 329 g/mol. The highest BCUT2D eigenvalue weighted by atomic mass is 35.5. The van der Waals surface area contributed by atoms with Gasteiger partial charge in [-0.2, -0.15) is 0 Å². The molecule has 1 aromatic rings. The van der Waals surface area contributed by atoms with E-state index in [1.54, 1.807) is 18.2 Å². The van der Waals surface area contributed by atoms with Crippen molar-refractivity contribution in [3.63, 3.8) is 0 Å². The summed E-state index contributed by atoms with van der Waals surface area (Å²) in [4.78, 5) is 12.3. The number of carbonyl (C=O) groups is 1. The minimum Gasteiger partial charge on any atom is -0.323 e. The highest BCUT2D eigenvalue weighted by molar-refractivity contribution is 6.35. The van der Waals surface area contributed by atoms with E-state index in [4.69, 9.17) is 23.2 Å². The van der Waals surface area contributed by atoms with Crippen LogP contribution in [-0.4, -0.2) is 18.0 Å². The minimum atomic E-state index is -0.247. The van der Waals surface area contributed by atoms with Crippen molar-refractivity contribution in [2.45, 2.75) is 57.5 Å². The lowest BCUT2D eigenvalue weighted by Gasteiger charge is -2.21. The van der Waals surface area contributed by atoms with E-state index in [0.29, 0.717) is 21.8 Å². The van der Waals surface area contributed by atoms with Crippen LogP contribution in [0.25, 0.3) is 0 Å².